The van der Waals surface area contributed by atoms with Crippen molar-refractivity contribution in [2.24, 2.45) is 11.8 Å². The summed E-state index contributed by atoms with van der Waals surface area (Å²) in [5.41, 5.74) is 5.55. The topological polar surface area (TPSA) is 58.9 Å². The highest BCUT2D eigenvalue weighted by atomic mass is 15.3. The van der Waals surface area contributed by atoms with Crippen LogP contribution in [0.25, 0.3) is 16.9 Å². The normalized spacial score (nSPS) is 21.1. The van der Waals surface area contributed by atoms with Gasteiger partial charge < -0.3 is 10.2 Å². The molecule has 2 aliphatic rings. The highest BCUT2D eigenvalue weighted by Crippen LogP contribution is 2.34. The second kappa shape index (κ2) is 7.17. The van der Waals surface area contributed by atoms with Gasteiger partial charge in [0.1, 0.15) is 0 Å². The van der Waals surface area contributed by atoms with Crippen LogP contribution >= 0.6 is 0 Å². The van der Waals surface area contributed by atoms with E-state index in [2.05, 4.69) is 61.5 Å². The zero-order chi connectivity index (χ0) is 20.0. The van der Waals surface area contributed by atoms with Crippen LogP contribution in [-0.2, 0) is 6.42 Å². The van der Waals surface area contributed by atoms with E-state index in [1.54, 1.807) is 0 Å². The Morgan fingerprint density at radius 3 is 2.59 bits per heavy atom. The molecular formula is C23H28N6. The highest BCUT2D eigenvalue weighted by molar-refractivity contribution is 5.76. The number of aromatic nitrogens is 4. The van der Waals surface area contributed by atoms with E-state index in [9.17, 15) is 0 Å². The third-order valence-corrected chi connectivity index (χ3v) is 5.96. The average molecular weight is 389 g/mol. The van der Waals surface area contributed by atoms with E-state index in [0.29, 0.717) is 11.8 Å². The maximum atomic E-state index is 5.05. The van der Waals surface area contributed by atoms with Crippen LogP contribution in [0.5, 0.6) is 0 Å². The number of anilines is 2. The van der Waals surface area contributed by atoms with E-state index >= 15 is 0 Å². The molecular weight excluding hydrogens is 360 g/mol. The second-order valence-corrected chi connectivity index (χ2v) is 8.74. The maximum absolute atomic E-state index is 5.05. The Hall–Kier alpha value is -2.89. The monoisotopic (exact) mass is 388 g/mol. The summed E-state index contributed by atoms with van der Waals surface area (Å²) in [6.45, 7) is 9.62. The Kier molecular flexibility index (Phi) is 4.49. The first-order valence-corrected chi connectivity index (χ1v) is 10.6. The highest BCUT2D eigenvalue weighted by Gasteiger charge is 2.26. The van der Waals surface area contributed by atoms with Crippen LogP contribution in [0.4, 0.5) is 11.8 Å². The van der Waals surface area contributed by atoms with Crippen molar-refractivity contribution in [3.05, 3.63) is 47.8 Å². The van der Waals surface area contributed by atoms with E-state index in [1.807, 2.05) is 10.9 Å². The standard InChI is InChI=1S/C23H28N6/c1-15-4-6-19(7-5-15)29-14-20-21-18(8-9-24-22(20)27-29)11-25-23(26-21)28-12-16(2)10-17(3)13-28/h4-7,11,14,16-17H,8-10,12-13H2,1-3H3,(H,24,27)/t16-,17-/m1/s1. The Morgan fingerprint density at radius 1 is 1.07 bits per heavy atom. The number of nitrogens with zero attached hydrogens (tertiary/aromatic N) is 5. The van der Waals surface area contributed by atoms with E-state index in [1.165, 1.54) is 17.5 Å². The predicted molar refractivity (Wildman–Crippen MR) is 117 cm³/mol. The number of aryl methyl sites for hydroxylation is 1. The van der Waals surface area contributed by atoms with Gasteiger partial charge in [-0.3, -0.25) is 0 Å². The van der Waals surface area contributed by atoms with Crippen molar-refractivity contribution in [2.45, 2.75) is 33.6 Å². The first kappa shape index (κ1) is 18.2. The number of nitrogens with one attached hydrogen (secondary N) is 1. The zero-order valence-electron chi connectivity index (χ0n) is 17.4. The second-order valence-electron chi connectivity index (χ2n) is 8.74. The number of rotatable bonds is 2. The fourth-order valence-electron chi connectivity index (χ4n) is 4.62. The van der Waals surface area contributed by atoms with Crippen LogP contribution in [-0.4, -0.2) is 39.4 Å². The predicted octanol–water partition coefficient (Wildman–Crippen LogP) is 4.09. The Bertz CT molecular complexity index is 1010. The minimum absolute atomic E-state index is 0.669. The SMILES string of the molecule is Cc1ccc(-n2cc3c(n2)NCCc2cnc(N4C[C@H](C)C[C@@H](C)C4)nc2-3)cc1. The lowest BCUT2D eigenvalue weighted by atomic mass is 9.92. The Balaban J connectivity index is 1.55. The van der Waals surface area contributed by atoms with Gasteiger partial charge in [0.25, 0.3) is 0 Å². The summed E-state index contributed by atoms with van der Waals surface area (Å²) in [4.78, 5) is 12.1. The van der Waals surface area contributed by atoms with Crippen molar-refractivity contribution in [1.29, 1.82) is 0 Å². The van der Waals surface area contributed by atoms with Gasteiger partial charge in [-0.15, -0.1) is 5.10 Å². The summed E-state index contributed by atoms with van der Waals surface area (Å²) in [6.07, 6.45) is 6.29. The lowest BCUT2D eigenvalue weighted by Gasteiger charge is -2.35. The van der Waals surface area contributed by atoms with E-state index in [-0.39, 0.29) is 0 Å². The average Bonchev–Trinajstić information content (AvgIpc) is 3.04. The number of piperidine rings is 1. The summed E-state index contributed by atoms with van der Waals surface area (Å²) in [5, 5.41) is 8.28. The summed E-state index contributed by atoms with van der Waals surface area (Å²) in [6, 6.07) is 8.43. The fourth-order valence-corrected chi connectivity index (χ4v) is 4.62. The summed E-state index contributed by atoms with van der Waals surface area (Å²) in [7, 11) is 0. The van der Waals surface area contributed by atoms with Crippen LogP contribution in [0, 0.1) is 18.8 Å². The maximum Gasteiger partial charge on any atom is 0.225 e. The largest absolute Gasteiger partial charge is 0.368 e. The lowest BCUT2D eigenvalue weighted by molar-refractivity contribution is 0.353. The van der Waals surface area contributed by atoms with Gasteiger partial charge in [0.05, 0.1) is 16.9 Å². The van der Waals surface area contributed by atoms with Gasteiger partial charge >= 0.3 is 0 Å². The van der Waals surface area contributed by atoms with Crippen LogP contribution in [0.1, 0.15) is 31.4 Å². The molecule has 1 fully saturated rings. The third kappa shape index (κ3) is 3.48. The van der Waals surface area contributed by atoms with Gasteiger partial charge in [0, 0.05) is 32.0 Å². The first-order valence-electron chi connectivity index (χ1n) is 10.6. The molecule has 0 bridgehead atoms. The lowest BCUT2D eigenvalue weighted by Crippen LogP contribution is -2.39. The molecule has 1 N–H and O–H groups in total. The molecule has 3 aromatic rings. The molecule has 0 spiro atoms. The molecule has 5 rings (SSSR count). The van der Waals surface area contributed by atoms with E-state index < -0.39 is 0 Å². The van der Waals surface area contributed by atoms with Crippen molar-refractivity contribution >= 4 is 11.8 Å². The summed E-state index contributed by atoms with van der Waals surface area (Å²) < 4.78 is 1.94. The molecule has 0 unspecified atom stereocenters. The number of hydrogen-bond acceptors (Lipinski definition) is 5. The van der Waals surface area contributed by atoms with Gasteiger partial charge in [-0.05, 0) is 49.3 Å². The molecule has 2 atom stereocenters. The summed E-state index contributed by atoms with van der Waals surface area (Å²) in [5.74, 6) is 3.08. The minimum Gasteiger partial charge on any atom is -0.368 e. The van der Waals surface area contributed by atoms with Crippen LogP contribution in [0.2, 0.25) is 0 Å². The number of fused-ring (bicyclic) bond motifs is 3. The molecule has 2 aromatic heterocycles. The molecule has 150 valence electrons. The number of benzene rings is 1. The minimum atomic E-state index is 0.669. The molecule has 0 saturated carbocycles. The van der Waals surface area contributed by atoms with E-state index in [4.69, 9.17) is 15.1 Å². The van der Waals surface area contributed by atoms with Gasteiger partial charge in [0.15, 0.2) is 5.82 Å². The smallest absolute Gasteiger partial charge is 0.225 e. The van der Waals surface area contributed by atoms with Crippen LogP contribution in [0.3, 0.4) is 0 Å². The van der Waals surface area contributed by atoms with Gasteiger partial charge in [-0.2, -0.15) is 0 Å². The van der Waals surface area contributed by atoms with Gasteiger partial charge in [-0.1, -0.05) is 31.5 Å². The third-order valence-electron chi connectivity index (χ3n) is 5.96. The molecule has 1 aromatic carbocycles. The van der Waals surface area contributed by atoms with E-state index in [0.717, 1.165) is 54.8 Å². The summed E-state index contributed by atoms with van der Waals surface area (Å²) >= 11 is 0. The molecule has 4 heterocycles. The molecule has 6 nitrogen and oxygen atoms in total. The van der Waals surface area contributed by atoms with Crippen LogP contribution < -0.4 is 10.2 Å². The van der Waals surface area contributed by atoms with Gasteiger partial charge in [0.2, 0.25) is 5.95 Å². The molecule has 6 heteroatoms. The molecule has 0 aliphatic carbocycles. The Labute approximate surface area is 172 Å². The van der Waals surface area contributed by atoms with Crippen molar-refractivity contribution in [1.82, 2.24) is 19.7 Å². The molecule has 0 amide bonds. The van der Waals surface area contributed by atoms with Gasteiger partial charge in [-0.25, -0.2) is 14.6 Å². The zero-order valence-corrected chi connectivity index (χ0v) is 17.4. The van der Waals surface area contributed by atoms with Crippen molar-refractivity contribution < 1.29 is 0 Å². The molecule has 0 radical (unpaired) electrons. The number of hydrogen-bond donors (Lipinski definition) is 1. The molecule has 29 heavy (non-hydrogen) atoms. The first-order chi connectivity index (χ1) is 14.1. The molecule has 1 saturated heterocycles. The van der Waals surface area contributed by atoms with Crippen molar-refractivity contribution in [2.75, 3.05) is 29.9 Å². The van der Waals surface area contributed by atoms with Crippen LogP contribution in [0.15, 0.2) is 36.7 Å². The van der Waals surface area contributed by atoms with Crippen molar-refractivity contribution in [3.63, 3.8) is 0 Å². The van der Waals surface area contributed by atoms with Crippen molar-refractivity contribution in [3.8, 4) is 16.9 Å². The quantitative estimate of drug-likeness (QED) is 0.717. The molecule has 2 aliphatic heterocycles. The fraction of sp³-hybridized carbons (Fsp3) is 0.435. The Morgan fingerprint density at radius 2 is 1.83 bits per heavy atom.